The van der Waals surface area contributed by atoms with E-state index in [2.05, 4.69) is 19.9 Å². The van der Waals surface area contributed by atoms with E-state index in [4.69, 9.17) is 10.8 Å². The Morgan fingerprint density at radius 2 is 1.91 bits per heavy atom. The molecule has 0 radical (unpaired) electrons. The first-order valence-corrected chi connectivity index (χ1v) is 10.2. The summed E-state index contributed by atoms with van der Waals surface area (Å²) in [6.07, 6.45) is 1.50. The van der Waals surface area contributed by atoms with Crippen molar-refractivity contribution in [1.82, 2.24) is 19.9 Å². The molecule has 0 saturated heterocycles. The number of imidazole rings is 1. The number of fused-ring (bicyclic) bond motifs is 1. The second-order valence-electron chi connectivity index (χ2n) is 7.81. The fraction of sp³-hybridized carbons (Fsp3) is 0.190. The Hall–Kier alpha value is -3.86. The first-order chi connectivity index (χ1) is 15.0. The van der Waals surface area contributed by atoms with Gasteiger partial charge in [-0.05, 0) is 23.8 Å². The van der Waals surface area contributed by atoms with E-state index < -0.39 is 23.4 Å². The zero-order chi connectivity index (χ0) is 23.6. The Morgan fingerprint density at radius 1 is 1.19 bits per heavy atom. The molecule has 0 fully saturated rings. The van der Waals surface area contributed by atoms with Crippen molar-refractivity contribution in [2.24, 2.45) is 5.73 Å². The number of aromatic carboxylic acids is 1. The molecule has 9 nitrogen and oxygen atoms in total. The van der Waals surface area contributed by atoms with Crippen LogP contribution in [-0.2, 0) is 5.41 Å². The zero-order valence-corrected chi connectivity index (χ0v) is 18.2. The summed E-state index contributed by atoms with van der Waals surface area (Å²) < 4.78 is 13.8. The summed E-state index contributed by atoms with van der Waals surface area (Å²) in [5.41, 5.74) is 6.54. The molecule has 4 rings (SSSR count). The number of pyridine rings is 1. The minimum absolute atomic E-state index is 0.0572. The van der Waals surface area contributed by atoms with Gasteiger partial charge in [-0.1, -0.05) is 26.8 Å². The van der Waals surface area contributed by atoms with Crippen molar-refractivity contribution < 1.29 is 19.1 Å². The van der Waals surface area contributed by atoms with E-state index in [0.29, 0.717) is 22.3 Å². The van der Waals surface area contributed by atoms with Crippen molar-refractivity contribution in [2.75, 3.05) is 0 Å². The van der Waals surface area contributed by atoms with Crippen LogP contribution in [0.4, 0.5) is 4.39 Å². The predicted octanol–water partition coefficient (Wildman–Crippen LogP) is 3.30. The summed E-state index contributed by atoms with van der Waals surface area (Å²) in [6.45, 7) is 6.03. The van der Waals surface area contributed by atoms with Crippen molar-refractivity contribution in [3.05, 3.63) is 68.4 Å². The molecule has 0 spiro atoms. The molecule has 1 aromatic carbocycles. The van der Waals surface area contributed by atoms with Crippen LogP contribution in [0, 0.1) is 5.82 Å². The number of nitrogens with zero attached hydrogens (tertiary/aromatic N) is 2. The van der Waals surface area contributed by atoms with Gasteiger partial charge in [-0.3, -0.25) is 9.78 Å². The molecule has 0 aliphatic carbocycles. The van der Waals surface area contributed by atoms with Gasteiger partial charge in [-0.15, -0.1) is 11.3 Å². The molecule has 166 valence electrons. The quantitative estimate of drug-likeness (QED) is 0.370. The number of carboxylic acids is 1. The number of nitrogens with one attached hydrogen (secondary N) is 2. The van der Waals surface area contributed by atoms with Crippen LogP contribution >= 0.6 is 11.3 Å². The van der Waals surface area contributed by atoms with Crippen molar-refractivity contribution in [2.45, 2.75) is 26.2 Å². The number of halogens is 1. The number of H-pyrrole nitrogens is 2. The van der Waals surface area contributed by atoms with E-state index in [1.807, 2.05) is 20.8 Å². The normalized spacial score (nSPS) is 11.1. The van der Waals surface area contributed by atoms with Crippen LogP contribution in [0.1, 0.15) is 46.6 Å². The smallest absolute Gasteiger partial charge is 0.355 e. The van der Waals surface area contributed by atoms with Gasteiger partial charge in [0.15, 0.2) is 11.3 Å². The lowest BCUT2D eigenvalue weighted by Gasteiger charge is -2.13. The largest absolute Gasteiger partial charge is 0.476 e. The van der Waals surface area contributed by atoms with Crippen molar-refractivity contribution >= 4 is 34.4 Å². The average molecular weight is 457 g/mol. The minimum Gasteiger partial charge on any atom is -0.476 e. The SMILES string of the molecule is CC(C)(C)c1nc(C(=O)O)cs1.NC(=O)c1ccc(-c2ccnc3[nH]c(=O)[nH]c23)cc1F. The molecule has 0 bridgehead atoms. The van der Waals surface area contributed by atoms with Crippen LogP contribution in [0.2, 0.25) is 0 Å². The van der Waals surface area contributed by atoms with E-state index in [9.17, 15) is 18.8 Å². The third-order valence-corrected chi connectivity index (χ3v) is 5.60. The van der Waals surface area contributed by atoms with Gasteiger partial charge in [0.05, 0.1) is 16.1 Å². The second-order valence-corrected chi connectivity index (χ2v) is 8.67. The third kappa shape index (κ3) is 4.89. The molecule has 32 heavy (non-hydrogen) atoms. The topological polar surface area (TPSA) is 155 Å². The number of thiazole rings is 1. The van der Waals surface area contributed by atoms with Crippen LogP contribution in [-0.4, -0.2) is 36.9 Å². The number of amides is 1. The molecule has 0 unspecified atom stereocenters. The van der Waals surface area contributed by atoms with Crippen molar-refractivity contribution in [1.29, 1.82) is 0 Å². The molecule has 1 amide bonds. The lowest BCUT2D eigenvalue weighted by molar-refractivity contribution is 0.0690. The predicted molar refractivity (Wildman–Crippen MR) is 118 cm³/mol. The highest BCUT2D eigenvalue weighted by Crippen LogP contribution is 2.26. The van der Waals surface area contributed by atoms with Gasteiger partial charge in [0.1, 0.15) is 5.82 Å². The van der Waals surface area contributed by atoms with Gasteiger partial charge in [-0.2, -0.15) is 0 Å². The Morgan fingerprint density at radius 3 is 2.44 bits per heavy atom. The summed E-state index contributed by atoms with van der Waals surface area (Å²) >= 11 is 1.39. The van der Waals surface area contributed by atoms with E-state index in [-0.39, 0.29) is 16.7 Å². The highest BCUT2D eigenvalue weighted by Gasteiger charge is 2.19. The summed E-state index contributed by atoms with van der Waals surface area (Å²) in [6, 6.07) is 5.71. The lowest BCUT2D eigenvalue weighted by atomic mass is 9.98. The second kappa shape index (κ2) is 8.71. The Labute approximate surface area is 185 Å². The molecule has 0 atom stereocenters. The number of primary amides is 1. The van der Waals surface area contributed by atoms with E-state index >= 15 is 0 Å². The standard InChI is InChI=1S/C13H9FN4O2.C8H11NO2S/c14-9-5-6(1-2-8(9)11(15)19)7-3-4-16-12-10(7)17-13(20)18-12;1-8(2,3)7-9-5(4-12-7)6(10)11/h1-5H,(H2,15,19)(H2,16,17,18,20);4H,1-3H3,(H,10,11). The van der Waals surface area contributed by atoms with Gasteiger partial charge in [0.2, 0.25) is 0 Å². The van der Waals surface area contributed by atoms with Gasteiger partial charge < -0.3 is 15.8 Å². The van der Waals surface area contributed by atoms with Gasteiger partial charge >= 0.3 is 11.7 Å². The summed E-state index contributed by atoms with van der Waals surface area (Å²) in [5, 5.41) is 11.0. The van der Waals surface area contributed by atoms with E-state index in [1.54, 1.807) is 17.5 Å². The summed E-state index contributed by atoms with van der Waals surface area (Å²) in [7, 11) is 0. The summed E-state index contributed by atoms with van der Waals surface area (Å²) in [4.78, 5) is 45.9. The van der Waals surface area contributed by atoms with Crippen molar-refractivity contribution in [3.63, 3.8) is 0 Å². The van der Waals surface area contributed by atoms with Crippen LogP contribution in [0.5, 0.6) is 0 Å². The fourth-order valence-corrected chi connectivity index (χ4v) is 3.66. The van der Waals surface area contributed by atoms with E-state index in [1.165, 1.54) is 29.7 Å². The van der Waals surface area contributed by atoms with Crippen LogP contribution < -0.4 is 11.4 Å². The highest BCUT2D eigenvalue weighted by molar-refractivity contribution is 7.10. The number of hydrogen-bond acceptors (Lipinski definition) is 6. The fourth-order valence-electron chi connectivity index (χ4n) is 2.77. The molecular formula is C21H20FN5O4S. The third-order valence-electron chi connectivity index (χ3n) is 4.33. The molecule has 3 heterocycles. The maximum absolute atomic E-state index is 13.8. The Balaban J connectivity index is 0.000000207. The number of aromatic nitrogens is 4. The average Bonchev–Trinajstić information content (AvgIpc) is 3.34. The lowest BCUT2D eigenvalue weighted by Crippen LogP contribution is -2.12. The number of carbonyl (C=O) groups excluding carboxylic acids is 1. The number of aromatic amines is 2. The number of rotatable bonds is 3. The number of benzene rings is 1. The minimum atomic E-state index is -0.957. The number of nitrogens with two attached hydrogens (primary N) is 1. The van der Waals surface area contributed by atoms with Gasteiger partial charge in [-0.25, -0.2) is 23.9 Å². The van der Waals surface area contributed by atoms with Crippen LogP contribution in [0.15, 0.2) is 40.6 Å². The molecule has 0 saturated carbocycles. The number of carboxylic acid groups (broad SMARTS) is 1. The molecule has 0 aliphatic heterocycles. The van der Waals surface area contributed by atoms with Crippen LogP contribution in [0.3, 0.4) is 0 Å². The molecule has 4 aromatic rings. The van der Waals surface area contributed by atoms with Gasteiger partial charge in [0, 0.05) is 22.6 Å². The molecule has 11 heteroatoms. The maximum atomic E-state index is 13.8. The Bertz CT molecular complexity index is 1370. The maximum Gasteiger partial charge on any atom is 0.355 e. The first-order valence-electron chi connectivity index (χ1n) is 9.33. The molecule has 0 aliphatic rings. The zero-order valence-electron chi connectivity index (χ0n) is 17.4. The first kappa shape index (κ1) is 22.8. The molecular weight excluding hydrogens is 437 g/mol. The summed E-state index contributed by atoms with van der Waals surface area (Å²) in [5.74, 6) is -2.50. The highest BCUT2D eigenvalue weighted by atomic mass is 32.1. The monoisotopic (exact) mass is 457 g/mol. The van der Waals surface area contributed by atoms with Gasteiger partial charge in [0.25, 0.3) is 5.91 Å². The molecule has 5 N–H and O–H groups in total. The Kier molecular flexibility index (Phi) is 6.21. The van der Waals surface area contributed by atoms with Crippen LogP contribution in [0.25, 0.3) is 22.3 Å². The van der Waals surface area contributed by atoms with E-state index in [0.717, 1.165) is 5.01 Å². The number of carbonyl (C=O) groups is 2. The molecule has 3 aromatic heterocycles. The number of hydrogen-bond donors (Lipinski definition) is 4. The van der Waals surface area contributed by atoms with Crippen molar-refractivity contribution in [3.8, 4) is 11.1 Å².